The van der Waals surface area contributed by atoms with Crippen LogP contribution in [0.5, 0.6) is 0 Å². The minimum atomic E-state index is -0.295. The zero-order valence-electron chi connectivity index (χ0n) is 21.8. The van der Waals surface area contributed by atoms with Gasteiger partial charge in [-0.25, -0.2) is 0 Å². The average molecular weight is 467 g/mol. The molecule has 0 amide bonds. The summed E-state index contributed by atoms with van der Waals surface area (Å²) >= 11 is 0. The van der Waals surface area contributed by atoms with Crippen molar-refractivity contribution in [2.75, 3.05) is 0 Å². The Bertz CT molecular complexity index is 921. The first-order chi connectivity index (χ1) is 16.3. The summed E-state index contributed by atoms with van der Waals surface area (Å²) in [5.74, 6) is 0.0682. The summed E-state index contributed by atoms with van der Waals surface area (Å²) in [6, 6.07) is 5.94. The number of rotatable bonds is 12. The number of benzene rings is 1. The van der Waals surface area contributed by atoms with Crippen LogP contribution in [0.3, 0.4) is 0 Å². The maximum atomic E-state index is 12.7. The van der Waals surface area contributed by atoms with E-state index in [9.17, 15) is 9.59 Å². The van der Waals surface area contributed by atoms with Crippen LogP contribution in [-0.4, -0.2) is 30.1 Å². The van der Waals surface area contributed by atoms with Crippen LogP contribution >= 0.6 is 0 Å². The molecular formula is C29H42N2O3. The molecule has 1 fully saturated rings. The van der Waals surface area contributed by atoms with E-state index in [1.165, 1.54) is 0 Å². The summed E-state index contributed by atoms with van der Waals surface area (Å²) in [4.78, 5) is 28.9. The van der Waals surface area contributed by atoms with Crippen LogP contribution < -0.4 is 5.32 Å². The molecule has 0 spiro atoms. The van der Waals surface area contributed by atoms with Crippen molar-refractivity contribution in [3.63, 3.8) is 0 Å². The van der Waals surface area contributed by atoms with Gasteiger partial charge in [0.1, 0.15) is 18.4 Å². The number of aliphatic imine (C=N–C) groups is 1. The predicted octanol–water partition coefficient (Wildman–Crippen LogP) is 6.56. The summed E-state index contributed by atoms with van der Waals surface area (Å²) in [6.07, 6.45) is 10.8. The van der Waals surface area contributed by atoms with Crippen LogP contribution in [0.15, 0.2) is 46.5 Å². The van der Waals surface area contributed by atoms with E-state index in [1.807, 2.05) is 19.1 Å². The quantitative estimate of drug-likeness (QED) is 0.125. The second kappa shape index (κ2) is 14.0. The van der Waals surface area contributed by atoms with Gasteiger partial charge < -0.3 is 10.1 Å². The van der Waals surface area contributed by atoms with Gasteiger partial charge in [0.2, 0.25) is 0 Å². The number of nitrogens with zero attached hydrogens (tertiary/aromatic N) is 1. The molecule has 1 atom stereocenters. The van der Waals surface area contributed by atoms with Crippen molar-refractivity contribution in [3.8, 4) is 0 Å². The highest BCUT2D eigenvalue weighted by atomic mass is 16.5. The van der Waals surface area contributed by atoms with Crippen LogP contribution in [0.25, 0.3) is 0 Å². The number of aryl methyl sites for hydroxylation is 1. The normalized spacial score (nSPS) is 16.7. The van der Waals surface area contributed by atoms with E-state index in [0.717, 1.165) is 72.9 Å². The topological polar surface area (TPSA) is 67.8 Å². The Hall–Kier alpha value is -2.53. The molecule has 1 aliphatic rings. The summed E-state index contributed by atoms with van der Waals surface area (Å²) < 4.78 is 5.76. The van der Waals surface area contributed by atoms with Crippen LogP contribution in [0, 0.1) is 12.8 Å². The number of esters is 1. The molecule has 5 nitrogen and oxygen atoms in total. The van der Waals surface area contributed by atoms with Crippen molar-refractivity contribution in [1.82, 2.24) is 5.32 Å². The lowest BCUT2D eigenvalue weighted by Crippen LogP contribution is -2.39. The third kappa shape index (κ3) is 8.35. The lowest BCUT2D eigenvalue weighted by Gasteiger charge is -2.20. The minimum Gasteiger partial charge on any atom is -0.461 e. The van der Waals surface area contributed by atoms with Gasteiger partial charge in [0, 0.05) is 6.54 Å². The summed E-state index contributed by atoms with van der Waals surface area (Å²) in [5.41, 5.74) is 5.63. The van der Waals surface area contributed by atoms with Crippen molar-refractivity contribution in [2.24, 2.45) is 10.9 Å². The SMILES string of the molecule is C/C=C(\C=C(\C)C=O)C(=N/c1cc(CNC(CCC)C(=O)OC2CCCC2)ccc1C)/C(C)C. The van der Waals surface area contributed by atoms with Crippen molar-refractivity contribution in [2.45, 2.75) is 98.8 Å². The van der Waals surface area contributed by atoms with E-state index in [4.69, 9.17) is 9.73 Å². The molecule has 2 rings (SSSR count). The molecular weight excluding hydrogens is 424 g/mol. The molecule has 1 saturated carbocycles. The first kappa shape index (κ1) is 27.7. The predicted molar refractivity (Wildman–Crippen MR) is 141 cm³/mol. The summed E-state index contributed by atoms with van der Waals surface area (Å²) in [7, 11) is 0. The zero-order chi connectivity index (χ0) is 25.1. The average Bonchev–Trinajstić information content (AvgIpc) is 3.32. The van der Waals surface area contributed by atoms with Gasteiger partial charge in [0.05, 0.1) is 11.4 Å². The Labute approximate surface area is 205 Å². The summed E-state index contributed by atoms with van der Waals surface area (Å²) in [6.45, 7) is 12.7. The fourth-order valence-corrected chi connectivity index (χ4v) is 4.21. The Morgan fingerprint density at radius 1 is 1.26 bits per heavy atom. The van der Waals surface area contributed by atoms with Gasteiger partial charge in [-0.3, -0.25) is 14.6 Å². The van der Waals surface area contributed by atoms with E-state index in [0.29, 0.717) is 12.1 Å². The lowest BCUT2D eigenvalue weighted by atomic mass is 9.97. The largest absolute Gasteiger partial charge is 0.461 e. The highest BCUT2D eigenvalue weighted by Crippen LogP contribution is 2.25. The molecule has 1 N–H and O–H groups in total. The monoisotopic (exact) mass is 466 g/mol. The van der Waals surface area contributed by atoms with Crippen molar-refractivity contribution in [3.05, 3.63) is 52.6 Å². The van der Waals surface area contributed by atoms with E-state index in [1.54, 1.807) is 6.92 Å². The van der Waals surface area contributed by atoms with Gasteiger partial charge in [-0.15, -0.1) is 0 Å². The maximum Gasteiger partial charge on any atom is 0.323 e. The number of nitrogens with one attached hydrogen (secondary N) is 1. The van der Waals surface area contributed by atoms with Crippen molar-refractivity contribution in [1.29, 1.82) is 0 Å². The summed E-state index contributed by atoms with van der Waals surface area (Å²) in [5, 5.41) is 3.42. The molecule has 5 heteroatoms. The standard InChI is InChI=1S/C29H42N2O3/c1-7-11-26(29(33)34-25-12-9-10-13-25)30-18-23-15-14-22(6)27(17-23)31-28(20(3)4)24(8-2)16-21(5)19-32/h8,14-17,19-20,25-26,30H,7,9-13,18H2,1-6H3/b21-16-,24-8+,31-28+. The number of carbonyl (C=O) groups is 2. The molecule has 0 radical (unpaired) electrons. The van der Waals surface area contributed by atoms with E-state index >= 15 is 0 Å². The fourth-order valence-electron chi connectivity index (χ4n) is 4.21. The molecule has 0 bridgehead atoms. The van der Waals surface area contributed by atoms with Gasteiger partial charge in [0.15, 0.2) is 0 Å². The highest BCUT2D eigenvalue weighted by Gasteiger charge is 2.24. The lowest BCUT2D eigenvalue weighted by molar-refractivity contribution is -0.151. The highest BCUT2D eigenvalue weighted by molar-refractivity contribution is 6.06. The zero-order valence-corrected chi connectivity index (χ0v) is 21.8. The van der Waals surface area contributed by atoms with Gasteiger partial charge in [-0.05, 0) is 93.2 Å². The molecule has 0 saturated heterocycles. The van der Waals surface area contributed by atoms with Gasteiger partial charge >= 0.3 is 5.97 Å². The Morgan fingerprint density at radius 2 is 1.97 bits per heavy atom. The minimum absolute atomic E-state index is 0.0844. The Kier molecular flexibility index (Phi) is 11.4. The van der Waals surface area contributed by atoms with E-state index in [2.05, 4.69) is 51.2 Å². The molecule has 1 aromatic carbocycles. The fraction of sp³-hybridized carbons (Fsp3) is 0.552. The molecule has 1 aliphatic carbocycles. The number of aldehydes is 1. The number of ether oxygens (including phenoxy) is 1. The molecule has 1 unspecified atom stereocenters. The van der Waals surface area contributed by atoms with E-state index in [-0.39, 0.29) is 24.0 Å². The Balaban J connectivity index is 2.21. The van der Waals surface area contributed by atoms with Crippen LogP contribution in [0.2, 0.25) is 0 Å². The number of hydrogen-bond acceptors (Lipinski definition) is 5. The number of hydrogen-bond donors (Lipinski definition) is 1. The number of allylic oxidation sites excluding steroid dienone is 4. The molecule has 0 aliphatic heterocycles. The second-order valence-corrected chi connectivity index (χ2v) is 9.59. The van der Waals surface area contributed by atoms with Gasteiger partial charge in [-0.1, -0.05) is 45.4 Å². The van der Waals surface area contributed by atoms with Crippen molar-refractivity contribution < 1.29 is 14.3 Å². The molecule has 1 aromatic rings. The van der Waals surface area contributed by atoms with Gasteiger partial charge in [0.25, 0.3) is 0 Å². The van der Waals surface area contributed by atoms with Crippen LogP contribution in [0.1, 0.15) is 84.3 Å². The van der Waals surface area contributed by atoms with E-state index < -0.39 is 0 Å². The first-order valence-corrected chi connectivity index (χ1v) is 12.7. The third-order valence-electron chi connectivity index (χ3n) is 6.24. The molecule has 34 heavy (non-hydrogen) atoms. The van der Waals surface area contributed by atoms with Crippen molar-refractivity contribution >= 4 is 23.7 Å². The van der Waals surface area contributed by atoms with Crippen LogP contribution in [0.4, 0.5) is 5.69 Å². The second-order valence-electron chi connectivity index (χ2n) is 9.59. The third-order valence-corrected chi connectivity index (χ3v) is 6.24. The smallest absolute Gasteiger partial charge is 0.323 e. The Morgan fingerprint density at radius 3 is 2.56 bits per heavy atom. The molecule has 186 valence electrons. The van der Waals surface area contributed by atoms with Gasteiger partial charge in [-0.2, -0.15) is 0 Å². The molecule has 0 aromatic heterocycles. The number of carbonyl (C=O) groups excluding carboxylic acids is 2. The van der Waals surface area contributed by atoms with Crippen LogP contribution in [-0.2, 0) is 20.9 Å². The molecule has 0 heterocycles. The maximum absolute atomic E-state index is 12.7. The first-order valence-electron chi connectivity index (χ1n) is 12.7.